The second-order valence-electron chi connectivity index (χ2n) is 4.10. The third kappa shape index (κ3) is 2.61. The van der Waals surface area contributed by atoms with Crippen LogP contribution in [0.3, 0.4) is 0 Å². The number of thiophene rings is 1. The maximum absolute atomic E-state index is 13.1. The summed E-state index contributed by atoms with van der Waals surface area (Å²) in [6, 6.07) is 6.49. The summed E-state index contributed by atoms with van der Waals surface area (Å²) in [5.74, 6) is -0.229. The van der Waals surface area contributed by atoms with Crippen LogP contribution in [-0.2, 0) is 6.42 Å². The zero-order valence-corrected chi connectivity index (χ0v) is 10.6. The molecule has 2 rings (SSSR count). The summed E-state index contributed by atoms with van der Waals surface area (Å²) < 4.78 is 13.1. The van der Waals surface area contributed by atoms with Crippen LogP contribution in [-0.4, -0.2) is 5.78 Å². The predicted molar refractivity (Wildman–Crippen MR) is 68.2 cm³/mol. The molecule has 0 bridgehead atoms. The first kappa shape index (κ1) is 12.0. The highest BCUT2D eigenvalue weighted by atomic mass is 32.1. The summed E-state index contributed by atoms with van der Waals surface area (Å²) in [5, 5.41) is 1.90. The summed E-state index contributed by atoms with van der Waals surface area (Å²) >= 11 is 1.44. The highest BCUT2D eigenvalue weighted by Crippen LogP contribution is 2.19. The van der Waals surface area contributed by atoms with E-state index < -0.39 is 0 Å². The van der Waals surface area contributed by atoms with Crippen LogP contribution in [0.25, 0.3) is 0 Å². The Bertz CT molecular complexity index is 557. The first-order chi connectivity index (χ1) is 8.08. The van der Waals surface area contributed by atoms with Crippen molar-refractivity contribution in [2.45, 2.75) is 20.3 Å². The van der Waals surface area contributed by atoms with Crippen LogP contribution >= 0.6 is 11.3 Å². The van der Waals surface area contributed by atoms with E-state index in [-0.39, 0.29) is 18.0 Å². The smallest absolute Gasteiger partial charge is 0.177 e. The van der Waals surface area contributed by atoms with Gasteiger partial charge in [0, 0.05) is 6.42 Å². The lowest BCUT2D eigenvalue weighted by atomic mass is 10.0. The van der Waals surface area contributed by atoms with Crippen LogP contribution in [0.1, 0.15) is 26.4 Å². The quantitative estimate of drug-likeness (QED) is 0.752. The average Bonchev–Trinajstić information content (AvgIpc) is 2.70. The number of carbonyl (C=O) groups excluding carboxylic acids is 1. The van der Waals surface area contributed by atoms with Gasteiger partial charge in [0.2, 0.25) is 0 Å². The molecule has 2 aromatic rings. The Kier molecular flexibility index (Phi) is 3.38. The van der Waals surface area contributed by atoms with Gasteiger partial charge < -0.3 is 0 Å². The van der Waals surface area contributed by atoms with Gasteiger partial charge in [0.15, 0.2) is 5.78 Å². The zero-order chi connectivity index (χ0) is 12.4. The van der Waals surface area contributed by atoms with Crippen molar-refractivity contribution in [3.63, 3.8) is 0 Å². The van der Waals surface area contributed by atoms with Gasteiger partial charge in [-0.2, -0.15) is 0 Å². The predicted octanol–water partition coefficient (Wildman–Crippen LogP) is 3.93. The fourth-order valence-electron chi connectivity index (χ4n) is 1.74. The third-order valence-electron chi connectivity index (χ3n) is 2.78. The van der Waals surface area contributed by atoms with E-state index in [4.69, 9.17) is 0 Å². The minimum atomic E-state index is -0.290. The number of rotatable bonds is 3. The molecule has 88 valence electrons. The minimum Gasteiger partial charge on any atom is -0.293 e. The Balaban J connectivity index is 2.24. The van der Waals surface area contributed by atoms with Crippen molar-refractivity contribution >= 4 is 17.1 Å². The molecule has 0 saturated carbocycles. The van der Waals surface area contributed by atoms with Gasteiger partial charge in [-0.3, -0.25) is 4.79 Å². The molecule has 0 unspecified atom stereocenters. The fourth-order valence-corrected chi connectivity index (χ4v) is 2.61. The summed E-state index contributed by atoms with van der Waals surface area (Å²) in [6.45, 7) is 3.81. The Morgan fingerprint density at radius 2 is 2.00 bits per heavy atom. The van der Waals surface area contributed by atoms with E-state index in [1.165, 1.54) is 23.5 Å². The molecule has 1 aromatic carbocycles. The molecule has 1 heterocycles. The first-order valence-corrected chi connectivity index (χ1v) is 6.28. The fraction of sp³-hybridized carbons (Fsp3) is 0.214. The maximum Gasteiger partial charge on any atom is 0.177 e. The van der Waals surface area contributed by atoms with E-state index in [0.717, 1.165) is 21.6 Å². The van der Waals surface area contributed by atoms with Crippen molar-refractivity contribution in [2.75, 3.05) is 0 Å². The molecule has 0 saturated heterocycles. The van der Waals surface area contributed by atoms with E-state index >= 15 is 0 Å². The van der Waals surface area contributed by atoms with Crippen LogP contribution in [0, 0.1) is 19.7 Å². The van der Waals surface area contributed by atoms with Crippen LogP contribution < -0.4 is 0 Å². The normalized spacial score (nSPS) is 10.5. The monoisotopic (exact) mass is 248 g/mol. The van der Waals surface area contributed by atoms with Gasteiger partial charge in [0.25, 0.3) is 0 Å². The molecular weight excluding hydrogens is 235 g/mol. The average molecular weight is 248 g/mol. The lowest BCUT2D eigenvalue weighted by molar-refractivity contribution is 0.0996. The molecule has 17 heavy (non-hydrogen) atoms. The van der Waals surface area contributed by atoms with Gasteiger partial charge in [0.1, 0.15) is 5.82 Å². The summed E-state index contributed by atoms with van der Waals surface area (Å²) in [4.78, 5) is 12.8. The van der Waals surface area contributed by atoms with E-state index in [1.807, 2.05) is 25.3 Å². The molecule has 0 aliphatic rings. The van der Waals surface area contributed by atoms with Crippen molar-refractivity contribution in [1.29, 1.82) is 0 Å². The molecule has 0 N–H and O–H groups in total. The lowest BCUT2D eigenvalue weighted by Gasteiger charge is -2.05. The van der Waals surface area contributed by atoms with E-state index in [0.29, 0.717) is 0 Å². The summed E-state index contributed by atoms with van der Waals surface area (Å²) in [7, 11) is 0. The van der Waals surface area contributed by atoms with Gasteiger partial charge in [-0.1, -0.05) is 6.07 Å². The summed E-state index contributed by atoms with van der Waals surface area (Å²) in [6.07, 6.45) is 0.269. The topological polar surface area (TPSA) is 17.1 Å². The molecule has 3 heteroatoms. The van der Waals surface area contributed by atoms with Crippen LogP contribution in [0.5, 0.6) is 0 Å². The van der Waals surface area contributed by atoms with Crippen molar-refractivity contribution in [3.8, 4) is 0 Å². The van der Waals surface area contributed by atoms with Gasteiger partial charge in [0.05, 0.1) is 4.88 Å². The summed E-state index contributed by atoms with van der Waals surface area (Å²) in [5.41, 5.74) is 2.71. The molecule has 0 aliphatic carbocycles. The van der Waals surface area contributed by atoms with Crippen molar-refractivity contribution in [1.82, 2.24) is 0 Å². The lowest BCUT2D eigenvalue weighted by Crippen LogP contribution is -2.04. The number of hydrogen-bond acceptors (Lipinski definition) is 2. The van der Waals surface area contributed by atoms with Crippen LogP contribution in [0.15, 0.2) is 29.6 Å². The van der Waals surface area contributed by atoms with Gasteiger partial charge in [-0.05, 0) is 54.1 Å². The van der Waals surface area contributed by atoms with Crippen molar-refractivity contribution in [3.05, 3.63) is 57.0 Å². The van der Waals surface area contributed by atoms with Gasteiger partial charge in [-0.15, -0.1) is 11.3 Å². The molecule has 1 nitrogen and oxygen atoms in total. The van der Waals surface area contributed by atoms with E-state index in [2.05, 4.69) is 0 Å². The highest BCUT2D eigenvalue weighted by molar-refractivity contribution is 7.12. The molecule has 0 fully saturated rings. The van der Waals surface area contributed by atoms with Gasteiger partial charge >= 0.3 is 0 Å². The Morgan fingerprint density at radius 1 is 1.24 bits per heavy atom. The number of carbonyl (C=O) groups is 1. The highest BCUT2D eigenvalue weighted by Gasteiger charge is 2.12. The Hall–Kier alpha value is -1.48. The van der Waals surface area contributed by atoms with Crippen LogP contribution in [0.4, 0.5) is 4.39 Å². The Morgan fingerprint density at radius 3 is 2.65 bits per heavy atom. The number of benzene rings is 1. The van der Waals surface area contributed by atoms with E-state index in [9.17, 15) is 9.18 Å². The number of ketones is 1. The van der Waals surface area contributed by atoms with Crippen molar-refractivity contribution < 1.29 is 9.18 Å². The zero-order valence-electron chi connectivity index (χ0n) is 9.79. The van der Waals surface area contributed by atoms with Crippen molar-refractivity contribution in [2.24, 2.45) is 0 Å². The molecule has 0 amide bonds. The molecule has 0 atom stereocenters. The standard InChI is InChI=1S/C14H13FOS/c1-9-3-4-12(15)7-11(9)8-13(16)14-10(2)5-6-17-14/h3-7H,8H2,1-2H3. The number of Topliss-reactive ketones (excluding diaryl/α,β-unsaturated/α-hetero) is 1. The third-order valence-corrected chi connectivity index (χ3v) is 3.84. The molecule has 1 aromatic heterocycles. The first-order valence-electron chi connectivity index (χ1n) is 5.40. The Labute approximate surface area is 104 Å². The van der Waals surface area contributed by atoms with Crippen LogP contribution in [0.2, 0.25) is 0 Å². The largest absolute Gasteiger partial charge is 0.293 e. The second-order valence-corrected chi connectivity index (χ2v) is 5.02. The molecule has 0 spiro atoms. The molecular formula is C14H13FOS. The maximum atomic E-state index is 13.1. The number of hydrogen-bond donors (Lipinski definition) is 0. The number of aryl methyl sites for hydroxylation is 2. The molecule has 0 radical (unpaired) electrons. The SMILES string of the molecule is Cc1ccc(F)cc1CC(=O)c1sccc1C. The van der Waals surface area contributed by atoms with Gasteiger partial charge in [-0.25, -0.2) is 4.39 Å². The second kappa shape index (κ2) is 4.80. The minimum absolute atomic E-state index is 0.0613. The molecule has 0 aliphatic heterocycles. The number of halogens is 1. The van der Waals surface area contributed by atoms with E-state index in [1.54, 1.807) is 6.07 Å².